The van der Waals surface area contributed by atoms with Crippen molar-refractivity contribution >= 4 is 21.5 Å². The van der Waals surface area contributed by atoms with Gasteiger partial charge in [0, 0.05) is 6.54 Å². The summed E-state index contributed by atoms with van der Waals surface area (Å²) < 4.78 is 27.4. The Morgan fingerprint density at radius 3 is 2.17 bits per heavy atom. The third-order valence-electron chi connectivity index (χ3n) is 3.56. The lowest BCUT2D eigenvalue weighted by atomic mass is 10.0. The molecular formula is C18H25N3O2S. The summed E-state index contributed by atoms with van der Waals surface area (Å²) in [4.78, 5) is 4.47. The molecule has 0 unspecified atom stereocenters. The second-order valence-corrected chi connectivity index (χ2v) is 8.22. The van der Waals surface area contributed by atoms with Crippen LogP contribution >= 0.6 is 0 Å². The van der Waals surface area contributed by atoms with E-state index in [4.69, 9.17) is 0 Å². The summed E-state index contributed by atoms with van der Waals surface area (Å²) in [6.45, 7) is 9.19. The van der Waals surface area contributed by atoms with Crippen molar-refractivity contribution in [2.24, 2.45) is 5.92 Å². The molecular weight excluding hydrogens is 322 g/mol. The first-order valence-corrected chi connectivity index (χ1v) is 9.59. The van der Waals surface area contributed by atoms with E-state index in [1.54, 1.807) is 24.3 Å². The zero-order valence-corrected chi connectivity index (χ0v) is 15.4. The number of anilines is 2. The van der Waals surface area contributed by atoms with Crippen LogP contribution in [0.2, 0.25) is 0 Å². The molecule has 0 bridgehead atoms. The number of sulfonamides is 1. The Labute approximate surface area is 144 Å². The zero-order chi connectivity index (χ0) is 17.7. The Bertz CT molecular complexity index is 752. The molecule has 5 nitrogen and oxygen atoms in total. The van der Waals surface area contributed by atoms with Gasteiger partial charge in [-0.25, -0.2) is 13.4 Å². The molecule has 130 valence electrons. The van der Waals surface area contributed by atoms with Crippen LogP contribution in [0.1, 0.15) is 39.2 Å². The van der Waals surface area contributed by atoms with Gasteiger partial charge < -0.3 is 5.32 Å². The number of hydrogen-bond donors (Lipinski definition) is 2. The highest BCUT2D eigenvalue weighted by atomic mass is 32.2. The van der Waals surface area contributed by atoms with Crippen LogP contribution in [0.4, 0.5) is 11.5 Å². The molecule has 2 N–H and O–H groups in total. The minimum atomic E-state index is -3.60. The van der Waals surface area contributed by atoms with Crippen molar-refractivity contribution in [3.63, 3.8) is 0 Å². The van der Waals surface area contributed by atoms with Gasteiger partial charge in [-0.3, -0.25) is 4.72 Å². The van der Waals surface area contributed by atoms with Gasteiger partial charge in [0.25, 0.3) is 10.0 Å². The largest absolute Gasteiger partial charge is 0.370 e. The van der Waals surface area contributed by atoms with E-state index in [2.05, 4.69) is 42.7 Å². The first kappa shape index (κ1) is 18.3. The highest BCUT2D eigenvalue weighted by Gasteiger charge is 2.14. The Morgan fingerprint density at radius 2 is 1.67 bits per heavy atom. The predicted molar refractivity (Wildman–Crippen MR) is 98.9 cm³/mol. The first-order valence-electron chi connectivity index (χ1n) is 8.10. The van der Waals surface area contributed by atoms with E-state index in [1.807, 2.05) is 12.1 Å². The van der Waals surface area contributed by atoms with Gasteiger partial charge in [0.1, 0.15) is 5.82 Å². The lowest BCUT2D eigenvalue weighted by molar-refractivity contribution is 0.601. The number of benzene rings is 1. The lowest BCUT2D eigenvalue weighted by Gasteiger charge is -2.11. The van der Waals surface area contributed by atoms with Gasteiger partial charge in [-0.15, -0.1) is 0 Å². The Kier molecular flexibility index (Phi) is 5.83. The first-order chi connectivity index (χ1) is 11.3. The van der Waals surface area contributed by atoms with Gasteiger partial charge in [0.15, 0.2) is 0 Å². The van der Waals surface area contributed by atoms with E-state index in [1.165, 1.54) is 6.20 Å². The van der Waals surface area contributed by atoms with Crippen LogP contribution in [0, 0.1) is 5.92 Å². The molecule has 1 heterocycles. The maximum absolute atomic E-state index is 12.4. The molecule has 0 atom stereocenters. The molecule has 2 rings (SSSR count). The SMILES string of the molecule is CC(C)CNc1ccc(NS(=O)(=O)c2ccc(C(C)C)cc2)cn1. The molecule has 0 aliphatic heterocycles. The number of rotatable bonds is 7. The molecule has 0 fully saturated rings. The predicted octanol–water partition coefficient (Wildman–Crippen LogP) is 4.07. The molecule has 24 heavy (non-hydrogen) atoms. The number of pyridine rings is 1. The van der Waals surface area contributed by atoms with Crippen molar-refractivity contribution in [2.75, 3.05) is 16.6 Å². The molecule has 0 saturated carbocycles. The molecule has 0 amide bonds. The summed E-state index contributed by atoms with van der Waals surface area (Å²) in [5.41, 5.74) is 1.55. The van der Waals surface area contributed by atoms with E-state index in [9.17, 15) is 8.42 Å². The molecule has 0 spiro atoms. The molecule has 0 aliphatic carbocycles. The molecule has 1 aromatic heterocycles. The Hall–Kier alpha value is -2.08. The molecule has 0 radical (unpaired) electrons. The van der Waals surface area contributed by atoms with E-state index in [-0.39, 0.29) is 4.90 Å². The average Bonchev–Trinajstić information content (AvgIpc) is 2.54. The summed E-state index contributed by atoms with van der Waals surface area (Å²) in [7, 11) is -3.60. The molecule has 0 aliphatic rings. The van der Waals surface area contributed by atoms with Crippen LogP contribution in [0.15, 0.2) is 47.5 Å². The zero-order valence-electron chi connectivity index (χ0n) is 14.6. The standard InChI is InChI=1S/C18H25N3O2S/c1-13(2)11-19-18-10-7-16(12-20-18)21-24(22,23)17-8-5-15(6-9-17)14(3)4/h5-10,12-14,21H,11H2,1-4H3,(H,19,20). The van der Waals surface area contributed by atoms with E-state index in [0.29, 0.717) is 17.5 Å². The normalized spacial score (nSPS) is 11.8. The van der Waals surface area contributed by atoms with Crippen LogP contribution in [0.25, 0.3) is 0 Å². The lowest BCUT2D eigenvalue weighted by Crippen LogP contribution is -2.13. The molecule has 6 heteroatoms. The van der Waals surface area contributed by atoms with Crippen LogP contribution in [0.3, 0.4) is 0 Å². The highest BCUT2D eigenvalue weighted by Crippen LogP contribution is 2.20. The third kappa shape index (κ3) is 4.96. The summed E-state index contributed by atoms with van der Waals surface area (Å²) in [6.07, 6.45) is 1.52. The maximum Gasteiger partial charge on any atom is 0.261 e. The van der Waals surface area contributed by atoms with Crippen molar-refractivity contribution in [1.29, 1.82) is 0 Å². The number of nitrogens with zero attached hydrogens (tertiary/aromatic N) is 1. The monoisotopic (exact) mass is 347 g/mol. The van der Waals surface area contributed by atoms with Gasteiger partial charge in [-0.05, 0) is 41.7 Å². The quantitative estimate of drug-likeness (QED) is 0.792. The second kappa shape index (κ2) is 7.66. The number of aromatic nitrogens is 1. The number of hydrogen-bond acceptors (Lipinski definition) is 4. The van der Waals surface area contributed by atoms with Gasteiger partial charge in [0.05, 0.1) is 16.8 Å². The fourth-order valence-electron chi connectivity index (χ4n) is 2.11. The van der Waals surface area contributed by atoms with E-state index in [0.717, 1.165) is 17.9 Å². The summed E-state index contributed by atoms with van der Waals surface area (Å²) in [5.74, 6) is 1.61. The van der Waals surface area contributed by atoms with Gasteiger partial charge >= 0.3 is 0 Å². The fourth-order valence-corrected chi connectivity index (χ4v) is 3.16. The smallest absolute Gasteiger partial charge is 0.261 e. The number of nitrogens with one attached hydrogen (secondary N) is 2. The molecule has 1 aromatic carbocycles. The molecule has 0 saturated heterocycles. The third-order valence-corrected chi connectivity index (χ3v) is 4.96. The highest BCUT2D eigenvalue weighted by molar-refractivity contribution is 7.92. The minimum Gasteiger partial charge on any atom is -0.370 e. The van der Waals surface area contributed by atoms with Gasteiger partial charge in [-0.1, -0.05) is 39.8 Å². The van der Waals surface area contributed by atoms with E-state index < -0.39 is 10.0 Å². The summed E-state index contributed by atoms with van der Waals surface area (Å²) in [5, 5.41) is 3.19. The van der Waals surface area contributed by atoms with Crippen LogP contribution < -0.4 is 10.0 Å². The van der Waals surface area contributed by atoms with Crippen LogP contribution in [0.5, 0.6) is 0 Å². The van der Waals surface area contributed by atoms with E-state index >= 15 is 0 Å². The minimum absolute atomic E-state index is 0.244. The van der Waals surface area contributed by atoms with Crippen LogP contribution in [-0.2, 0) is 10.0 Å². The average molecular weight is 347 g/mol. The van der Waals surface area contributed by atoms with Crippen molar-refractivity contribution in [3.8, 4) is 0 Å². The Balaban J connectivity index is 2.08. The maximum atomic E-state index is 12.4. The second-order valence-electron chi connectivity index (χ2n) is 6.54. The van der Waals surface area contributed by atoms with Crippen molar-refractivity contribution in [3.05, 3.63) is 48.2 Å². The fraction of sp³-hybridized carbons (Fsp3) is 0.389. The summed E-state index contributed by atoms with van der Waals surface area (Å²) >= 11 is 0. The van der Waals surface area contributed by atoms with Crippen molar-refractivity contribution in [2.45, 2.75) is 38.5 Å². The summed E-state index contributed by atoms with van der Waals surface area (Å²) in [6, 6.07) is 10.4. The Morgan fingerprint density at radius 1 is 1.00 bits per heavy atom. The molecule has 2 aromatic rings. The van der Waals surface area contributed by atoms with Gasteiger partial charge in [0.2, 0.25) is 0 Å². The van der Waals surface area contributed by atoms with Crippen LogP contribution in [-0.4, -0.2) is 19.9 Å². The van der Waals surface area contributed by atoms with Gasteiger partial charge in [-0.2, -0.15) is 0 Å². The van der Waals surface area contributed by atoms with Crippen molar-refractivity contribution in [1.82, 2.24) is 4.98 Å². The topological polar surface area (TPSA) is 71.1 Å². The van der Waals surface area contributed by atoms with Crippen molar-refractivity contribution < 1.29 is 8.42 Å².